The van der Waals surface area contributed by atoms with Crippen molar-refractivity contribution >= 4 is 5.94 Å². The number of allylic oxidation sites excluding steroid dienone is 1. The van der Waals surface area contributed by atoms with E-state index < -0.39 is 0 Å². The minimum Gasteiger partial charge on any atom is -0.365 e. The van der Waals surface area contributed by atoms with Gasteiger partial charge in [0.25, 0.3) is 0 Å². The standard InChI is InChI=1S/C9H10NO/c1-2-5-9(8-11)10-6-3-4-7-10/h3-7H2. The van der Waals surface area contributed by atoms with Crippen molar-refractivity contribution in [2.75, 3.05) is 13.1 Å². The maximum absolute atomic E-state index is 10.4. The van der Waals surface area contributed by atoms with Gasteiger partial charge in [-0.2, -0.15) is 0 Å². The van der Waals surface area contributed by atoms with Crippen LogP contribution in [0.3, 0.4) is 0 Å². The normalized spacial score (nSPS) is 15.7. The van der Waals surface area contributed by atoms with Crippen LogP contribution in [-0.4, -0.2) is 23.9 Å². The molecule has 11 heavy (non-hydrogen) atoms. The van der Waals surface area contributed by atoms with Crippen molar-refractivity contribution in [1.82, 2.24) is 4.90 Å². The van der Waals surface area contributed by atoms with E-state index in [9.17, 15) is 4.79 Å². The fraction of sp³-hybridized carbons (Fsp3) is 0.556. The quantitative estimate of drug-likeness (QED) is 0.426. The molecule has 2 heteroatoms. The van der Waals surface area contributed by atoms with Gasteiger partial charge in [0.15, 0.2) is 0 Å². The highest BCUT2D eigenvalue weighted by atomic mass is 16.1. The molecule has 0 saturated carbocycles. The average Bonchev–Trinajstić information content (AvgIpc) is 2.52. The summed E-state index contributed by atoms with van der Waals surface area (Å²) in [4.78, 5) is 12.3. The van der Waals surface area contributed by atoms with Crippen LogP contribution in [0, 0.1) is 12.3 Å². The second-order valence-electron chi connectivity index (χ2n) is 2.60. The molecule has 0 N–H and O–H groups in total. The van der Waals surface area contributed by atoms with Crippen LogP contribution in [0.4, 0.5) is 0 Å². The second kappa shape index (κ2) is 3.85. The summed E-state index contributed by atoms with van der Waals surface area (Å²) >= 11 is 0. The largest absolute Gasteiger partial charge is 0.365 e. The summed E-state index contributed by atoms with van der Waals surface area (Å²) < 4.78 is 0. The van der Waals surface area contributed by atoms with Gasteiger partial charge in [-0.1, -0.05) is 5.92 Å². The molecule has 1 heterocycles. The van der Waals surface area contributed by atoms with Crippen molar-refractivity contribution in [1.29, 1.82) is 0 Å². The van der Waals surface area contributed by atoms with E-state index in [0.29, 0.717) is 12.1 Å². The molecule has 0 spiro atoms. The minimum atomic E-state index is 0.309. The molecule has 1 aliphatic heterocycles. The molecular weight excluding hydrogens is 138 g/mol. The van der Waals surface area contributed by atoms with Crippen molar-refractivity contribution in [3.63, 3.8) is 0 Å². The zero-order valence-electron chi connectivity index (χ0n) is 6.39. The van der Waals surface area contributed by atoms with Gasteiger partial charge in [0.2, 0.25) is 0 Å². The predicted molar refractivity (Wildman–Crippen MR) is 41.8 cm³/mol. The highest BCUT2D eigenvalue weighted by Crippen LogP contribution is 2.14. The van der Waals surface area contributed by atoms with Gasteiger partial charge in [0.05, 0.1) is 6.42 Å². The molecule has 0 aromatic rings. The first-order chi connectivity index (χ1) is 5.38. The third kappa shape index (κ3) is 1.86. The number of hydrogen-bond acceptors (Lipinski definition) is 2. The molecule has 0 amide bonds. The maximum atomic E-state index is 10.4. The summed E-state index contributed by atoms with van der Waals surface area (Å²) in [5, 5.41) is 0. The van der Waals surface area contributed by atoms with Crippen LogP contribution in [0.1, 0.15) is 19.3 Å². The van der Waals surface area contributed by atoms with Gasteiger partial charge in [-0.25, -0.2) is 4.79 Å². The summed E-state index contributed by atoms with van der Waals surface area (Å²) in [6, 6.07) is 0. The number of nitrogens with zero attached hydrogens (tertiary/aromatic N) is 1. The van der Waals surface area contributed by atoms with E-state index in [-0.39, 0.29) is 0 Å². The lowest BCUT2D eigenvalue weighted by Gasteiger charge is -2.15. The van der Waals surface area contributed by atoms with Gasteiger partial charge < -0.3 is 4.90 Å². The Morgan fingerprint density at radius 3 is 2.55 bits per heavy atom. The third-order valence-electron chi connectivity index (χ3n) is 1.86. The van der Waals surface area contributed by atoms with Crippen LogP contribution < -0.4 is 0 Å². The van der Waals surface area contributed by atoms with Crippen LogP contribution in [-0.2, 0) is 4.79 Å². The lowest BCUT2D eigenvalue weighted by Crippen LogP contribution is -2.18. The SMILES string of the molecule is [C]#CCC(=C=O)N1CCCC1. The fourth-order valence-corrected chi connectivity index (χ4v) is 1.28. The molecule has 1 rings (SSSR count). The number of carbonyl (C=O) groups excluding carboxylic acids is 1. The molecule has 1 saturated heterocycles. The molecule has 0 unspecified atom stereocenters. The van der Waals surface area contributed by atoms with E-state index >= 15 is 0 Å². The van der Waals surface area contributed by atoms with Crippen molar-refractivity contribution in [2.24, 2.45) is 0 Å². The van der Waals surface area contributed by atoms with E-state index in [0.717, 1.165) is 25.9 Å². The maximum Gasteiger partial charge on any atom is 0.146 e. The Morgan fingerprint density at radius 2 is 2.09 bits per heavy atom. The van der Waals surface area contributed by atoms with Gasteiger partial charge in [-0.15, -0.1) is 0 Å². The van der Waals surface area contributed by atoms with Crippen molar-refractivity contribution < 1.29 is 4.79 Å². The number of rotatable bonds is 2. The molecule has 0 aromatic heterocycles. The molecule has 2 nitrogen and oxygen atoms in total. The lowest BCUT2D eigenvalue weighted by molar-refractivity contribution is 0.420. The van der Waals surface area contributed by atoms with E-state index in [4.69, 9.17) is 6.42 Å². The average molecular weight is 148 g/mol. The van der Waals surface area contributed by atoms with Crippen LogP contribution in [0.5, 0.6) is 0 Å². The Kier molecular flexibility index (Phi) is 2.77. The van der Waals surface area contributed by atoms with Crippen molar-refractivity contribution in [2.45, 2.75) is 19.3 Å². The topological polar surface area (TPSA) is 20.3 Å². The summed E-state index contributed by atoms with van der Waals surface area (Å²) in [5.74, 6) is 4.06. The molecule has 1 fully saturated rings. The van der Waals surface area contributed by atoms with E-state index in [2.05, 4.69) is 5.92 Å². The van der Waals surface area contributed by atoms with Crippen LogP contribution in [0.25, 0.3) is 0 Å². The first-order valence-electron chi connectivity index (χ1n) is 3.77. The fourth-order valence-electron chi connectivity index (χ4n) is 1.28. The Hall–Kier alpha value is -1.19. The van der Waals surface area contributed by atoms with Crippen molar-refractivity contribution in [3.8, 4) is 5.92 Å². The van der Waals surface area contributed by atoms with Gasteiger partial charge in [0.1, 0.15) is 11.6 Å². The molecule has 0 aliphatic carbocycles. The Balaban J connectivity index is 2.56. The number of hydrogen-bond donors (Lipinski definition) is 0. The zero-order valence-corrected chi connectivity index (χ0v) is 6.39. The zero-order chi connectivity index (χ0) is 8.10. The highest BCUT2D eigenvalue weighted by molar-refractivity contribution is 5.52. The van der Waals surface area contributed by atoms with Crippen molar-refractivity contribution in [3.05, 3.63) is 12.1 Å². The third-order valence-corrected chi connectivity index (χ3v) is 1.86. The summed E-state index contributed by atoms with van der Waals surface area (Å²) in [5.41, 5.74) is 0.581. The van der Waals surface area contributed by atoms with E-state index in [1.165, 1.54) is 0 Å². The smallest absolute Gasteiger partial charge is 0.146 e. The predicted octanol–water partition coefficient (Wildman–Crippen LogP) is 0.778. The van der Waals surface area contributed by atoms with Gasteiger partial charge >= 0.3 is 0 Å². The Labute approximate surface area is 66.9 Å². The molecule has 0 bridgehead atoms. The molecule has 0 atom stereocenters. The molecular formula is C9H10NO. The molecule has 1 aliphatic rings. The Bertz CT molecular complexity index is 214. The van der Waals surface area contributed by atoms with Crippen LogP contribution >= 0.6 is 0 Å². The van der Waals surface area contributed by atoms with E-state index in [1.807, 2.05) is 10.8 Å². The summed E-state index contributed by atoms with van der Waals surface area (Å²) in [6.45, 7) is 1.87. The van der Waals surface area contributed by atoms with Gasteiger partial charge in [-0.05, 0) is 19.3 Å². The highest BCUT2D eigenvalue weighted by Gasteiger charge is 2.14. The summed E-state index contributed by atoms with van der Waals surface area (Å²) in [6.07, 6.45) is 9.32. The first-order valence-corrected chi connectivity index (χ1v) is 3.77. The summed E-state index contributed by atoms with van der Waals surface area (Å²) in [7, 11) is 0. The first kappa shape index (κ1) is 7.91. The monoisotopic (exact) mass is 148 g/mol. The van der Waals surface area contributed by atoms with E-state index in [1.54, 1.807) is 0 Å². The lowest BCUT2D eigenvalue weighted by atomic mass is 10.3. The van der Waals surface area contributed by atoms with Gasteiger partial charge in [0, 0.05) is 13.1 Å². The van der Waals surface area contributed by atoms with Crippen LogP contribution in [0.15, 0.2) is 5.70 Å². The molecule has 0 aromatic carbocycles. The second-order valence-corrected chi connectivity index (χ2v) is 2.60. The Morgan fingerprint density at radius 1 is 1.45 bits per heavy atom. The van der Waals surface area contributed by atoms with Crippen LogP contribution in [0.2, 0.25) is 0 Å². The minimum absolute atomic E-state index is 0.309. The number of likely N-dealkylation sites (tertiary alicyclic amines) is 1. The van der Waals surface area contributed by atoms with Gasteiger partial charge in [-0.3, -0.25) is 0 Å². The molecule has 57 valence electrons. The molecule has 1 radical (unpaired) electrons.